The zero-order chi connectivity index (χ0) is 14.2. The van der Waals surface area contributed by atoms with E-state index in [4.69, 9.17) is 0 Å². The minimum atomic E-state index is -0.0564. The molecule has 1 heterocycles. The summed E-state index contributed by atoms with van der Waals surface area (Å²) in [6.07, 6.45) is 9.48. The molecule has 2 rings (SSSR count). The van der Waals surface area contributed by atoms with E-state index >= 15 is 0 Å². The lowest BCUT2D eigenvalue weighted by Crippen LogP contribution is -2.42. The number of carbonyl (C=O) groups is 2. The van der Waals surface area contributed by atoms with Crippen LogP contribution in [0.4, 0.5) is 4.79 Å². The molecule has 0 aromatic carbocycles. The Balaban J connectivity index is 1.55. The molecular formula is C15H27N3O2. The van der Waals surface area contributed by atoms with E-state index in [2.05, 4.69) is 10.6 Å². The number of nitrogens with zero attached hydrogens (tertiary/aromatic N) is 1. The second-order valence-corrected chi connectivity index (χ2v) is 5.93. The molecule has 5 nitrogen and oxygen atoms in total. The highest BCUT2D eigenvalue weighted by Gasteiger charge is 2.17. The van der Waals surface area contributed by atoms with Crippen molar-refractivity contribution in [3.8, 4) is 0 Å². The highest BCUT2D eigenvalue weighted by Crippen LogP contribution is 2.17. The summed E-state index contributed by atoms with van der Waals surface area (Å²) in [6, 6.07) is 0.307. The van der Waals surface area contributed by atoms with Crippen molar-refractivity contribution >= 4 is 11.9 Å². The van der Waals surface area contributed by atoms with Gasteiger partial charge in [-0.15, -0.1) is 0 Å². The maximum absolute atomic E-state index is 11.8. The Kier molecular flexibility index (Phi) is 6.15. The summed E-state index contributed by atoms with van der Waals surface area (Å²) >= 11 is 0. The van der Waals surface area contributed by atoms with E-state index in [0.29, 0.717) is 19.0 Å². The van der Waals surface area contributed by atoms with Crippen molar-refractivity contribution in [3.63, 3.8) is 0 Å². The first-order chi connectivity index (χ1) is 9.75. The van der Waals surface area contributed by atoms with Gasteiger partial charge in [0.05, 0.1) is 0 Å². The molecule has 1 aliphatic carbocycles. The number of urea groups is 1. The van der Waals surface area contributed by atoms with Gasteiger partial charge < -0.3 is 15.5 Å². The van der Waals surface area contributed by atoms with Gasteiger partial charge in [0.15, 0.2) is 0 Å². The van der Waals surface area contributed by atoms with Gasteiger partial charge in [0.2, 0.25) is 5.91 Å². The Morgan fingerprint density at radius 3 is 2.75 bits per heavy atom. The number of rotatable bonds is 5. The van der Waals surface area contributed by atoms with E-state index in [1.807, 2.05) is 4.90 Å². The van der Waals surface area contributed by atoms with Gasteiger partial charge in [0.1, 0.15) is 0 Å². The van der Waals surface area contributed by atoms with Crippen molar-refractivity contribution in [2.75, 3.05) is 19.6 Å². The van der Waals surface area contributed by atoms with E-state index in [-0.39, 0.29) is 11.9 Å². The highest BCUT2D eigenvalue weighted by atomic mass is 16.2. The van der Waals surface area contributed by atoms with Crippen LogP contribution < -0.4 is 10.6 Å². The van der Waals surface area contributed by atoms with E-state index < -0.39 is 0 Å². The Morgan fingerprint density at radius 1 is 1.15 bits per heavy atom. The zero-order valence-corrected chi connectivity index (χ0v) is 12.3. The van der Waals surface area contributed by atoms with Gasteiger partial charge in [-0.1, -0.05) is 19.3 Å². The van der Waals surface area contributed by atoms with Gasteiger partial charge in [0.25, 0.3) is 0 Å². The lowest BCUT2D eigenvalue weighted by atomic mass is 10.2. The first-order valence-corrected chi connectivity index (χ1v) is 8.08. The lowest BCUT2D eigenvalue weighted by Gasteiger charge is -2.20. The van der Waals surface area contributed by atoms with Gasteiger partial charge in [-0.3, -0.25) is 4.79 Å². The zero-order valence-electron chi connectivity index (χ0n) is 12.3. The molecule has 20 heavy (non-hydrogen) atoms. The smallest absolute Gasteiger partial charge is 0.315 e. The number of hydrogen-bond acceptors (Lipinski definition) is 2. The maximum atomic E-state index is 11.8. The molecule has 1 aliphatic heterocycles. The lowest BCUT2D eigenvalue weighted by molar-refractivity contribution is -0.130. The van der Waals surface area contributed by atoms with E-state index in [9.17, 15) is 9.59 Å². The van der Waals surface area contributed by atoms with Crippen LogP contribution in [-0.4, -0.2) is 42.5 Å². The summed E-state index contributed by atoms with van der Waals surface area (Å²) in [4.78, 5) is 25.4. The normalized spacial score (nSPS) is 20.8. The molecule has 0 atom stereocenters. The van der Waals surface area contributed by atoms with Crippen molar-refractivity contribution in [1.82, 2.24) is 15.5 Å². The van der Waals surface area contributed by atoms with Gasteiger partial charge in [-0.05, 0) is 32.1 Å². The Labute approximate surface area is 121 Å². The average Bonchev–Trinajstić information content (AvgIpc) is 2.84. The van der Waals surface area contributed by atoms with Gasteiger partial charge in [-0.2, -0.15) is 0 Å². The van der Waals surface area contributed by atoms with E-state index in [1.54, 1.807) is 0 Å². The standard InChI is InChI=1S/C15H27N3O2/c19-14-9-2-1-5-11-18(14)12-6-10-16-15(20)17-13-7-3-4-8-13/h13H,1-12H2,(H2,16,17,20). The Morgan fingerprint density at radius 2 is 1.95 bits per heavy atom. The SMILES string of the molecule is O=C(NCCCN1CCCCCC1=O)NC1CCCC1. The molecule has 0 spiro atoms. The highest BCUT2D eigenvalue weighted by molar-refractivity contribution is 5.76. The van der Waals surface area contributed by atoms with Crippen molar-refractivity contribution in [2.24, 2.45) is 0 Å². The topological polar surface area (TPSA) is 61.4 Å². The largest absolute Gasteiger partial charge is 0.343 e. The predicted octanol–water partition coefficient (Wildman–Crippen LogP) is 2.02. The third-order valence-corrected chi connectivity index (χ3v) is 4.25. The van der Waals surface area contributed by atoms with Crippen LogP contribution >= 0.6 is 0 Å². The summed E-state index contributed by atoms with van der Waals surface area (Å²) in [7, 11) is 0. The average molecular weight is 281 g/mol. The van der Waals surface area contributed by atoms with Crippen LogP contribution in [0, 0.1) is 0 Å². The second kappa shape index (κ2) is 8.12. The van der Waals surface area contributed by atoms with Crippen LogP contribution in [-0.2, 0) is 4.79 Å². The number of nitrogens with one attached hydrogen (secondary N) is 2. The van der Waals surface area contributed by atoms with Crippen LogP contribution in [0.2, 0.25) is 0 Å². The van der Waals surface area contributed by atoms with E-state index in [0.717, 1.165) is 51.6 Å². The molecular weight excluding hydrogens is 254 g/mol. The molecule has 0 aromatic heterocycles. The molecule has 1 saturated heterocycles. The molecule has 3 amide bonds. The predicted molar refractivity (Wildman–Crippen MR) is 78.5 cm³/mol. The summed E-state index contributed by atoms with van der Waals surface area (Å²) in [5.74, 6) is 0.276. The fraction of sp³-hybridized carbons (Fsp3) is 0.867. The quantitative estimate of drug-likeness (QED) is 0.757. The van der Waals surface area contributed by atoms with Crippen molar-refractivity contribution in [2.45, 2.75) is 63.8 Å². The van der Waals surface area contributed by atoms with Crippen LogP contribution in [0.1, 0.15) is 57.8 Å². The monoisotopic (exact) mass is 281 g/mol. The Hall–Kier alpha value is -1.26. The minimum absolute atomic E-state index is 0.0564. The summed E-state index contributed by atoms with van der Waals surface area (Å²) in [6.45, 7) is 2.29. The van der Waals surface area contributed by atoms with Crippen molar-refractivity contribution in [1.29, 1.82) is 0 Å². The van der Waals surface area contributed by atoms with Crippen LogP contribution in [0.5, 0.6) is 0 Å². The number of likely N-dealkylation sites (tertiary alicyclic amines) is 1. The van der Waals surface area contributed by atoms with E-state index in [1.165, 1.54) is 12.8 Å². The number of hydrogen-bond donors (Lipinski definition) is 2. The second-order valence-electron chi connectivity index (χ2n) is 5.93. The number of amides is 3. The van der Waals surface area contributed by atoms with Crippen molar-refractivity contribution in [3.05, 3.63) is 0 Å². The molecule has 2 fully saturated rings. The first kappa shape index (κ1) is 15.1. The molecule has 0 bridgehead atoms. The van der Waals surface area contributed by atoms with Crippen LogP contribution in [0.15, 0.2) is 0 Å². The fourth-order valence-electron chi connectivity index (χ4n) is 3.05. The Bertz CT molecular complexity index is 327. The molecule has 0 aromatic rings. The van der Waals surface area contributed by atoms with Gasteiger partial charge in [-0.25, -0.2) is 4.79 Å². The molecule has 2 N–H and O–H groups in total. The number of carbonyl (C=O) groups excluding carboxylic acids is 2. The molecule has 1 saturated carbocycles. The summed E-state index contributed by atoms with van der Waals surface area (Å²) in [5, 5.41) is 5.90. The molecule has 0 unspecified atom stereocenters. The minimum Gasteiger partial charge on any atom is -0.343 e. The van der Waals surface area contributed by atoms with Gasteiger partial charge >= 0.3 is 6.03 Å². The third kappa shape index (κ3) is 5.02. The first-order valence-electron chi connectivity index (χ1n) is 8.08. The summed E-state index contributed by atoms with van der Waals surface area (Å²) in [5.41, 5.74) is 0. The molecule has 0 radical (unpaired) electrons. The maximum Gasteiger partial charge on any atom is 0.315 e. The van der Waals surface area contributed by atoms with Crippen LogP contribution in [0.25, 0.3) is 0 Å². The van der Waals surface area contributed by atoms with Crippen molar-refractivity contribution < 1.29 is 9.59 Å². The van der Waals surface area contributed by atoms with Gasteiger partial charge in [0, 0.05) is 32.1 Å². The third-order valence-electron chi connectivity index (χ3n) is 4.25. The molecule has 2 aliphatic rings. The van der Waals surface area contributed by atoms with Crippen LogP contribution in [0.3, 0.4) is 0 Å². The molecule has 5 heteroatoms. The fourth-order valence-corrected chi connectivity index (χ4v) is 3.05. The molecule has 114 valence electrons. The summed E-state index contributed by atoms with van der Waals surface area (Å²) < 4.78 is 0.